The Balaban J connectivity index is 2.30. The van der Waals surface area contributed by atoms with Gasteiger partial charge in [-0.25, -0.2) is 4.68 Å². The van der Waals surface area contributed by atoms with Crippen molar-refractivity contribution >= 4 is 11.7 Å². The Hall–Kier alpha value is -1.58. The molecule has 0 bridgehead atoms. The van der Waals surface area contributed by atoms with E-state index in [1.165, 1.54) is 0 Å². The Morgan fingerprint density at radius 1 is 1.65 bits per heavy atom. The number of carbonyl (C=O) groups is 1. The van der Waals surface area contributed by atoms with Gasteiger partial charge in [0.15, 0.2) is 0 Å². The van der Waals surface area contributed by atoms with Crippen molar-refractivity contribution in [1.29, 1.82) is 0 Å². The number of nitrogens with zero attached hydrogens (tertiary/aromatic N) is 3. The summed E-state index contributed by atoms with van der Waals surface area (Å²) in [7, 11) is 0. The van der Waals surface area contributed by atoms with Crippen LogP contribution in [-0.2, 0) is 11.3 Å². The number of anilines is 1. The molecule has 1 aliphatic heterocycles. The van der Waals surface area contributed by atoms with Gasteiger partial charge in [-0.05, 0) is 13.3 Å². The van der Waals surface area contributed by atoms with Crippen molar-refractivity contribution in [1.82, 2.24) is 9.78 Å². The lowest BCUT2D eigenvalue weighted by atomic mass is 10.1. The molecule has 0 N–H and O–H groups in total. The van der Waals surface area contributed by atoms with Crippen molar-refractivity contribution < 1.29 is 4.79 Å². The molecule has 0 aliphatic carbocycles. The number of carbonyl (C=O) groups excluding carboxylic acids is 1. The molecule has 0 aromatic carbocycles. The lowest BCUT2D eigenvalue weighted by Gasteiger charge is -2.18. The van der Waals surface area contributed by atoms with E-state index in [2.05, 4.69) is 18.6 Å². The number of hydrogen-bond acceptors (Lipinski definition) is 2. The van der Waals surface area contributed by atoms with E-state index in [1.54, 1.807) is 0 Å². The number of amides is 1. The summed E-state index contributed by atoms with van der Waals surface area (Å²) in [5, 5.41) is 4.33. The molecule has 1 atom stereocenters. The van der Waals surface area contributed by atoms with Crippen LogP contribution in [0.15, 0.2) is 18.9 Å². The SMILES string of the molecule is C=CC1CC(=O)N(c2c(C)cnn2CCC)C1. The van der Waals surface area contributed by atoms with Gasteiger partial charge < -0.3 is 0 Å². The molecular weight excluding hydrogens is 214 g/mol. The second-order valence-corrected chi connectivity index (χ2v) is 4.58. The average Bonchev–Trinajstić information content (AvgIpc) is 2.83. The molecule has 1 aromatic rings. The van der Waals surface area contributed by atoms with Crippen LogP contribution in [0.3, 0.4) is 0 Å². The molecule has 1 saturated heterocycles. The minimum absolute atomic E-state index is 0.177. The summed E-state index contributed by atoms with van der Waals surface area (Å²) < 4.78 is 1.93. The van der Waals surface area contributed by atoms with Gasteiger partial charge in [-0.15, -0.1) is 6.58 Å². The second kappa shape index (κ2) is 4.73. The molecule has 4 nitrogen and oxygen atoms in total. The van der Waals surface area contributed by atoms with Crippen LogP contribution >= 0.6 is 0 Å². The summed E-state index contributed by atoms with van der Waals surface area (Å²) in [4.78, 5) is 13.8. The van der Waals surface area contributed by atoms with Crippen molar-refractivity contribution in [3.8, 4) is 0 Å². The van der Waals surface area contributed by atoms with E-state index >= 15 is 0 Å². The summed E-state index contributed by atoms with van der Waals surface area (Å²) in [5.74, 6) is 1.41. The van der Waals surface area contributed by atoms with Gasteiger partial charge >= 0.3 is 0 Å². The van der Waals surface area contributed by atoms with Crippen LogP contribution in [0.4, 0.5) is 5.82 Å². The largest absolute Gasteiger partial charge is 0.296 e. The molecule has 92 valence electrons. The summed E-state index contributed by atoms with van der Waals surface area (Å²) >= 11 is 0. The highest BCUT2D eigenvalue weighted by atomic mass is 16.2. The molecule has 4 heteroatoms. The maximum absolute atomic E-state index is 12.0. The zero-order valence-corrected chi connectivity index (χ0v) is 10.5. The Morgan fingerprint density at radius 2 is 2.41 bits per heavy atom. The third-order valence-corrected chi connectivity index (χ3v) is 3.17. The Morgan fingerprint density at radius 3 is 3.00 bits per heavy atom. The lowest BCUT2D eigenvalue weighted by molar-refractivity contribution is -0.117. The number of aromatic nitrogens is 2. The van der Waals surface area contributed by atoms with Gasteiger partial charge in [0, 0.05) is 31.0 Å². The van der Waals surface area contributed by atoms with E-state index in [-0.39, 0.29) is 11.8 Å². The normalized spacial score (nSPS) is 20.0. The number of aryl methyl sites for hydroxylation is 2. The van der Waals surface area contributed by atoms with Gasteiger partial charge in [-0.1, -0.05) is 13.0 Å². The van der Waals surface area contributed by atoms with E-state index in [0.717, 1.165) is 30.9 Å². The summed E-state index contributed by atoms with van der Waals surface area (Å²) in [6.07, 6.45) is 5.29. The van der Waals surface area contributed by atoms with Crippen molar-refractivity contribution in [2.75, 3.05) is 11.4 Å². The van der Waals surface area contributed by atoms with Crippen molar-refractivity contribution in [3.05, 3.63) is 24.4 Å². The van der Waals surface area contributed by atoms with Crippen LogP contribution < -0.4 is 4.90 Å². The fourth-order valence-electron chi connectivity index (χ4n) is 2.30. The standard InChI is InChI=1S/C13H19N3O/c1-4-6-16-13(10(3)8-14-16)15-9-11(5-2)7-12(15)17/h5,8,11H,2,4,6-7,9H2,1,3H3. The molecule has 0 spiro atoms. The maximum atomic E-state index is 12.0. The van der Waals surface area contributed by atoms with E-state index < -0.39 is 0 Å². The van der Waals surface area contributed by atoms with Gasteiger partial charge in [-0.2, -0.15) is 5.10 Å². The average molecular weight is 233 g/mol. The first-order chi connectivity index (χ1) is 8.17. The molecule has 2 heterocycles. The van der Waals surface area contributed by atoms with Crippen molar-refractivity contribution in [3.63, 3.8) is 0 Å². The third-order valence-electron chi connectivity index (χ3n) is 3.17. The molecule has 1 unspecified atom stereocenters. The molecule has 1 amide bonds. The van der Waals surface area contributed by atoms with Gasteiger partial charge in [0.2, 0.25) is 5.91 Å². The molecule has 0 radical (unpaired) electrons. The molecule has 2 rings (SSSR count). The van der Waals surface area contributed by atoms with Crippen molar-refractivity contribution in [2.45, 2.75) is 33.2 Å². The van der Waals surface area contributed by atoms with Crippen LogP contribution in [0.25, 0.3) is 0 Å². The van der Waals surface area contributed by atoms with Crippen molar-refractivity contribution in [2.24, 2.45) is 5.92 Å². The van der Waals surface area contributed by atoms with Crippen LogP contribution in [0.5, 0.6) is 0 Å². The fourth-order valence-corrected chi connectivity index (χ4v) is 2.30. The van der Waals surface area contributed by atoms with Gasteiger partial charge in [0.1, 0.15) is 5.82 Å². The highest BCUT2D eigenvalue weighted by Crippen LogP contribution is 2.28. The van der Waals surface area contributed by atoms with Gasteiger partial charge in [0.05, 0.1) is 6.20 Å². The number of rotatable bonds is 4. The van der Waals surface area contributed by atoms with Gasteiger partial charge in [-0.3, -0.25) is 9.69 Å². The lowest BCUT2D eigenvalue weighted by Crippen LogP contribution is -2.28. The highest BCUT2D eigenvalue weighted by molar-refractivity contribution is 5.95. The summed E-state index contributed by atoms with van der Waals surface area (Å²) in [5.41, 5.74) is 1.07. The number of hydrogen-bond donors (Lipinski definition) is 0. The highest BCUT2D eigenvalue weighted by Gasteiger charge is 2.31. The molecule has 0 saturated carbocycles. The van der Waals surface area contributed by atoms with E-state index in [0.29, 0.717) is 6.42 Å². The first-order valence-electron chi connectivity index (χ1n) is 6.12. The Labute approximate surface area is 102 Å². The smallest absolute Gasteiger partial charge is 0.228 e. The van der Waals surface area contributed by atoms with E-state index in [1.807, 2.05) is 28.8 Å². The predicted molar refractivity (Wildman–Crippen MR) is 67.9 cm³/mol. The molecule has 17 heavy (non-hydrogen) atoms. The van der Waals surface area contributed by atoms with Crippen LogP contribution in [0.2, 0.25) is 0 Å². The second-order valence-electron chi connectivity index (χ2n) is 4.58. The zero-order chi connectivity index (χ0) is 12.4. The van der Waals surface area contributed by atoms with Crippen LogP contribution in [0, 0.1) is 12.8 Å². The van der Waals surface area contributed by atoms with Crippen LogP contribution in [-0.4, -0.2) is 22.2 Å². The minimum Gasteiger partial charge on any atom is -0.296 e. The predicted octanol–water partition coefficient (Wildman–Crippen LogP) is 2.14. The molecule has 1 aromatic heterocycles. The summed E-state index contributed by atoms with van der Waals surface area (Å²) in [6, 6.07) is 0. The maximum Gasteiger partial charge on any atom is 0.228 e. The Bertz CT molecular complexity index is 436. The zero-order valence-electron chi connectivity index (χ0n) is 10.5. The van der Waals surface area contributed by atoms with E-state index in [9.17, 15) is 4.79 Å². The topological polar surface area (TPSA) is 38.1 Å². The monoisotopic (exact) mass is 233 g/mol. The third kappa shape index (κ3) is 2.12. The first kappa shape index (κ1) is 11.9. The molecule has 1 aliphatic rings. The Kier molecular flexibility index (Phi) is 3.31. The quantitative estimate of drug-likeness (QED) is 0.747. The van der Waals surface area contributed by atoms with Crippen LogP contribution in [0.1, 0.15) is 25.3 Å². The first-order valence-corrected chi connectivity index (χ1v) is 6.12. The van der Waals surface area contributed by atoms with Gasteiger partial charge in [0.25, 0.3) is 0 Å². The molecule has 1 fully saturated rings. The van der Waals surface area contributed by atoms with E-state index in [4.69, 9.17) is 0 Å². The minimum atomic E-state index is 0.177. The summed E-state index contributed by atoms with van der Waals surface area (Å²) in [6.45, 7) is 9.47. The molecular formula is C13H19N3O. The fraction of sp³-hybridized carbons (Fsp3) is 0.538.